The van der Waals surface area contributed by atoms with Crippen LogP contribution >= 0.6 is 0 Å². The number of aromatic nitrogens is 2. The third-order valence-electron chi connectivity index (χ3n) is 4.72. The van der Waals surface area contributed by atoms with Crippen LogP contribution in [0.2, 0.25) is 0 Å². The monoisotopic (exact) mass is 383 g/mol. The van der Waals surface area contributed by atoms with Crippen molar-refractivity contribution in [2.45, 2.75) is 30.6 Å². The molecule has 0 unspecified atom stereocenters. The van der Waals surface area contributed by atoms with Crippen molar-refractivity contribution in [2.24, 2.45) is 0 Å². The Balaban J connectivity index is 1.76. The molecule has 0 aliphatic heterocycles. The summed E-state index contributed by atoms with van der Waals surface area (Å²) in [5, 5.41) is 4.72. The maximum atomic E-state index is 12.9. The van der Waals surface area contributed by atoms with E-state index in [9.17, 15) is 8.42 Å². The lowest BCUT2D eigenvalue weighted by Crippen LogP contribution is -2.16. The molecule has 1 fully saturated rings. The molecule has 2 aromatic carbocycles. The van der Waals surface area contributed by atoms with E-state index in [0.29, 0.717) is 17.5 Å². The summed E-state index contributed by atoms with van der Waals surface area (Å²) >= 11 is 0. The lowest BCUT2D eigenvalue weighted by molar-refractivity contribution is 0.414. The highest BCUT2D eigenvalue weighted by molar-refractivity contribution is 7.92. The van der Waals surface area contributed by atoms with Crippen molar-refractivity contribution in [3.8, 4) is 11.4 Å². The van der Waals surface area contributed by atoms with Crippen LogP contribution in [0.5, 0.6) is 5.75 Å². The smallest absolute Gasteiger partial charge is 0.263 e. The highest BCUT2D eigenvalue weighted by Crippen LogP contribution is 2.43. The predicted octanol–water partition coefficient (Wildman–Crippen LogP) is 3.87. The van der Waals surface area contributed by atoms with Gasteiger partial charge in [-0.25, -0.2) is 13.1 Å². The molecule has 0 amide bonds. The van der Waals surface area contributed by atoms with Crippen molar-refractivity contribution < 1.29 is 13.2 Å². The number of nitrogens with zero attached hydrogens (tertiary/aromatic N) is 2. The van der Waals surface area contributed by atoms with Gasteiger partial charge in [0.1, 0.15) is 11.6 Å². The quantitative estimate of drug-likeness (QED) is 0.701. The van der Waals surface area contributed by atoms with Crippen molar-refractivity contribution in [1.29, 1.82) is 0 Å². The average molecular weight is 383 g/mol. The number of benzene rings is 2. The molecule has 1 N–H and O–H groups in total. The number of ether oxygens (including phenoxy) is 1. The van der Waals surface area contributed by atoms with Gasteiger partial charge < -0.3 is 4.74 Å². The standard InChI is InChI=1S/C20H21N3O3S/c1-14-19(15-8-9-15)21-23(16-6-4-3-5-7-16)20(14)22-27(24,25)18-12-10-17(26-2)11-13-18/h3-7,10-13,15,22H,8-9H2,1-2H3. The second-order valence-electron chi connectivity index (χ2n) is 6.66. The van der Waals surface area contributed by atoms with E-state index in [2.05, 4.69) is 4.72 Å². The molecule has 3 aromatic rings. The Morgan fingerprint density at radius 2 is 1.74 bits per heavy atom. The number of hydrogen-bond donors (Lipinski definition) is 1. The number of para-hydroxylation sites is 1. The Kier molecular flexibility index (Phi) is 4.39. The van der Waals surface area contributed by atoms with Crippen LogP contribution in [-0.4, -0.2) is 25.3 Å². The first-order chi connectivity index (χ1) is 13.0. The Bertz CT molecular complexity index is 1050. The van der Waals surface area contributed by atoms with Gasteiger partial charge in [-0.2, -0.15) is 5.10 Å². The molecule has 140 valence electrons. The first-order valence-electron chi connectivity index (χ1n) is 8.81. The molecule has 1 aliphatic rings. The SMILES string of the molecule is COc1ccc(S(=O)(=O)Nc2c(C)c(C3CC3)nn2-c2ccccc2)cc1. The number of hydrogen-bond acceptors (Lipinski definition) is 4. The zero-order chi connectivity index (χ0) is 19.0. The predicted molar refractivity (Wildman–Crippen MR) is 104 cm³/mol. The molecule has 1 aromatic heterocycles. The lowest BCUT2D eigenvalue weighted by atomic mass is 10.2. The van der Waals surface area contributed by atoms with Crippen LogP contribution in [0.3, 0.4) is 0 Å². The molecular weight excluding hydrogens is 362 g/mol. The van der Waals surface area contributed by atoms with Crippen molar-refractivity contribution in [3.63, 3.8) is 0 Å². The van der Waals surface area contributed by atoms with Crippen LogP contribution in [0.1, 0.15) is 30.0 Å². The van der Waals surface area contributed by atoms with Crippen LogP contribution in [0, 0.1) is 6.92 Å². The van der Waals surface area contributed by atoms with E-state index in [0.717, 1.165) is 29.8 Å². The largest absolute Gasteiger partial charge is 0.497 e. The summed E-state index contributed by atoms with van der Waals surface area (Å²) in [5.41, 5.74) is 2.66. The maximum absolute atomic E-state index is 12.9. The van der Waals surface area contributed by atoms with E-state index in [4.69, 9.17) is 9.84 Å². The van der Waals surface area contributed by atoms with Crippen LogP contribution in [0.25, 0.3) is 5.69 Å². The van der Waals surface area contributed by atoms with Gasteiger partial charge >= 0.3 is 0 Å². The van der Waals surface area contributed by atoms with Gasteiger partial charge in [-0.15, -0.1) is 0 Å². The fourth-order valence-corrected chi connectivity index (χ4v) is 4.18. The van der Waals surface area contributed by atoms with Crippen LogP contribution < -0.4 is 9.46 Å². The minimum Gasteiger partial charge on any atom is -0.497 e. The molecule has 1 saturated carbocycles. The van der Waals surface area contributed by atoms with Gasteiger partial charge in [0, 0.05) is 11.5 Å². The van der Waals surface area contributed by atoms with Gasteiger partial charge in [-0.3, -0.25) is 4.72 Å². The normalized spacial score (nSPS) is 14.1. The molecular formula is C20H21N3O3S. The van der Waals surface area contributed by atoms with Gasteiger partial charge in [0.2, 0.25) is 0 Å². The van der Waals surface area contributed by atoms with Gasteiger partial charge in [0.25, 0.3) is 10.0 Å². The summed E-state index contributed by atoms with van der Waals surface area (Å²) in [5.74, 6) is 1.51. The zero-order valence-electron chi connectivity index (χ0n) is 15.2. The van der Waals surface area contributed by atoms with Crippen LogP contribution in [0.4, 0.5) is 5.82 Å². The van der Waals surface area contributed by atoms with Crippen LogP contribution in [0.15, 0.2) is 59.5 Å². The number of rotatable bonds is 6. The van der Waals surface area contributed by atoms with Gasteiger partial charge in [-0.05, 0) is 56.2 Å². The minimum absolute atomic E-state index is 0.177. The third-order valence-corrected chi connectivity index (χ3v) is 6.08. The summed E-state index contributed by atoms with van der Waals surface area (Å²) in [6, 6.07) is 15.9. The van der Waals surface area contributed by atoms with Gasteiger partial charge in [0.15, 0.2) is 0 Å². The number of methoxy groups -OCH3 is 1. The summed E-state index contributed by atoms with van der Waals surface area (Å²) in [4.78, 5) is 0.177. The second-order valence-corrected chi connectivity index (χ2v) is 8.34. The second kappa shape index (κ2) is 6.74. The van der Waals surface area contributed by atoms with Gasteiger partial charge in [-0.1, -0.05) is 18.2 Å². The molecule has 6 nitrogen and oxygen atoms in total. The van der Waals surface area contributed by atoms with E-state index >= 15 is 0 Å². The first kappa shape index (κ1) is 17.6. The maximum Gasteiger partial charge on any atom is 0.263 e. The fraction of sp³-hybridized carbons (Fsp3) is 0.250. The molecule has 0 spiro atoms. The van der Waals surface area contributed by atoms with Crippen molar-refractivity contribution >= 4 is 15.8 Å². The topological polar surface area (TPSA) is 73.2 Å². The van der Waals surface area contributed by atoms with E-state index < -0.39 is 10.0 Å². The molecule has 7 heteroatoms. The summed E-state index contributed by atoms with van der Waals surface area (Å²) < 4.78 is 35.4. The van der Waals surface area contributed by atoms with Crippen molar-refractivity contribution in [1.82, 2.24) is 9.78 Å². The fourth-order valence-electron chi connectivity index (χ4n) is 3.07. The highest BCUT2D eigenvalue weighted by atomic mass is 32.2. The van der Waals surface area contributed by atoms with Crippen molar-refractivity contribution in [2.75, 3.05) is 11.8 Å². The number of anilines is 1. The molecule has 0 atom stereocenters. The Hall–Kier alpha value is -2.80. The highest BCUT2D eigenvalue weighted by Gasteiger charge is 2.31. The molecule has 1 heterocycles. The Morgan fingerprint density at radius 1 is 1.07 bits per heavy atom. The van der Waals surface area contributed by atoms with Gasteiger partial charge in [0.05, 0.1) is 23.4 Å². The van der Waals surface area contributed by atoms with E-state index in [-0.39, 0.29) is 4.90 Å². The van der Waals surface area contributed by atoms with E-state index in [1.807, 2.05) is 37.3 Å². The molecule has 1 aliphatic carbocycles. The zero-order valence-corrected chi connectivity index (χ0v) is 16.0. The third kappa shape index (κ3) is 3.42. The molecule has 4 rings (SSSR count). The van der Waals surface area contributed by atoms with Crippen LogP contribution in [-0.2, 0) is 10.0 Å². The average Bonchev–Trinajstić information content (AvgIpc) is 3.48. The van der Waals surface area contributed by atoms with E-state index in [1.54, 1.807) is 23.9 Å². The van der Waals surface area contributed by atoms with E-state index in [1.165, 1.54) is 12.1 Å². The Morgan fingerprint density at radius 3 is 2.33 bits per heavy atom. The van der Waals surface area contributed by atoms with Crippen molar-refractivity contribution in [3.05, 3.63) is 65.9 Å². The lowest BCUT2D eigenvalue weighted by Gasteiger charge is -2.12. The summed E-state index contributed by atoms with van der Waals surface area (Å²) in [7, 11) is -2.21. The summed E-state index contributed by atoms with van der Waals surface area (Å²) in [6.45, 7) is 1.92. The number of sulfonamides is 1. The molecule has 0 saturated heterocycles. The molecule has 0 radical (unpaired) electrons. The minimum atomic E-state index is -3.75. The Labute approximate surface area is 158 Å². The summed E-state index contributed by atoms with van der Waals surface area (Å²) in [6.07, 6.45) is 2.19. The first-order valence-corrected chi connectivity index (χ1v) is 10.3. The molecule has 0 bridgehead atoms. The molecule has 27 heavy (non-hydrogen) atoms. The number of nitrogens with one attached hydrogen (secondary N) is 1.